The fourth-order valence-corrected chi connectivity index (χ4v) is 4.25. The zero-order chi connectivity index (χ0) is 25.0. The lowest BCUT2D eigenvalue weighted by molar-refractivity contribution is 0.454. The van der Waals surface area contributed by atoms with Crippen molar-refractivity contribution in [2.75, 3.05) is 6.67 Å². The molecule has 0 aliphatic carbocycles. The van der Waals surface area contributed by atoms with Gasteiger partial charge in [-0.2, -0.15) is 0 Å². The van der Waals surface area contributed by atoms with E-state index in [1.807, 2.05) is 78.8 Å². The molecule has 1 aromatic carbocycles. The molecular weight excluding hydrogens is 464 g/mol. The van der Waals surface area contributed by atoms with Gasteiger partial charge in [0.05, 0.1) is 29.8 Å². The number of pyridine rings is 2. The number of aryl methyl sites for hydroxylation is 1. The number of hydrogen-bond acceptors (Lipinski definition) is 8. The van der Waals surface area contributed by atoms with Crippen LogP contribution in [0.5, 0.6) is 11.5 Å². The average Bonchev–Trinajstić information content (AvgIpc) is 3.56. The standard InChI is InChI=1S/C28H26N8O/c1-19-5-2-9-24(33-19)28-27(21-10-11-26-31-18-32-36(26)17-21)34-25(35-28)16-30-14-20-6-3-7-22(13-20)37-23-8-4-12-29-15-23/h2-13,15,17,30,32H,14,16,18H2,1H3,(H,34,35). The highest BCUT2D eigenvalue weighted by Gasteiger charge is 2.22. The first-order chi connectivity index (χ1) is 18.2. The maximum absolute atomic E-state index is 5.91. The van der Waals surface area contributed by atoms with E-state index in [4.69, 9.17) is 14.7 Å². The molecule has 3 N–H and O–H groups in total. The zero-order valence-electron chi connectivity index (χ0n) is 20.3. The van der Waals surface area contributed by atoms with Crippen LogP contribution in [0.25, 0.3) is 17.0 Å². The van der Waals surface area contributed by atoms with Gasteiger partial charge in [-0.15, -0.1) is 0 Å². The average molecular weight is 491 g/mol. The Bertz CT molecular complexity index is 1510. The summed E-state index contributed by atoms with van der Waals surface area (Å²) in [5, 5.41) is 5.42. The molecule has 4 aromatic rings. The number of nitrogens with zero attached hydrogens (tertiary/aromatic N) is 5. The molecule has 0 spiro atoms. The SMILES string of the molecule is Cc1cccc(-c2[nH]c(CNCc3cccc(Oc4cccnc4)c3)nc2C2=CN3NCN=C3C=C2)n1. The Morgan fingerprint density at radius 1 is 1.00 bits per heavy atom. The third-order valence-corrected chi connectivity index (χ3v) is 5.97. The third kappa shape index (κ3) is 5.18. The highest BCUT2D eigenvalue weighted by Crippen LogP contribution is 2.29. The van der Waals surface area contributed by atoms with Gasteiger partial charge >= 0.3 is 0 Å². The van der Waals surface area contributed by atoms with Crippen LogP contribution >= 0.6 is 0 Å². The lowest BCUT2D eigenvalue weighted by atomic mass is 10.1. The molecule has 3 aromatic heterocycles. The zero-order valence-corrected chi connectivity index (χ0v) is 20.3. The van der Waals surface area contributed by atoms with E-state index < -0.39 is 0 Å². The van der Waals surface area contributed by atoms with Crippen LogP contribution in [0.15, 0.2) is 90.3 Å². The van der Waals surface area contributed by atoms with Crippen molar-refractivity contribution >= 4 is 11.4 Å². The van der Waals surface area contributed by atoms with Crippen molar-refractivity contribution in [3.63, 3.8) is 0 Å². The minimum Gasteiger partial charge on any atom is -0.456 e. The summed E-state index contributed by atoms with van der Waals surface area (Å²) in [6, 6.07) is 17.8. The minimum absolute atomic E-state index is 0.568. The molecule has 0 bridgehead atoms. The number of fused-ring (bicyclic) bond motifs is 1. The first-order valence-corrected chi connectivity index (χ1v) is 12.1. The molecule has 9 nitrogen and oxygen atoms in total. The topological polar surface area (TPSA) is 103 Å². The Hall–Kier alpha value is -4.60. The van der Waals surface area contributed by atoms with E-state index in [0.29, 0.717) is 25.5 Å². The van der Waals surface area contributed by atoms with Crippen LogP contribution < -0.4 is 15.5 Å². The summed E-state index contributed by atoms with van der Waals surface area (Å²) in [5.74, 6) is 3.21. The maximum Gasteiger partial charge on any atom is 0.145 e. The number of aromatic nitrogens is 4. The van der Waals surface area contributed by atoms with Gasteiger partial charge in [0.15, 0.2) is 0 Å². The number of amidine groups is 1. The van der Waals surface area contributed by atoms with Gasteiger partial charge < -0.3 is 15.0 Å². The van der Waals surface area contributed by atoms with Crippen molar-refractivity contribution in [2.24, 2.45) is 4.99 Å². The molecule has 0 saturated carbocycles. The highest BCUT2D eigenvalue weighted by atomic mass is 16.5. The summed E-state index contributed by atoms with van der Waals surface area (Å²) in [5.41, 5.74) is 8.87. The molecule has 0 radical (unpaired) electrons. The Balaban J connectivity index is 1.20. The molecule has 0 saturated heterocycles. The van der Waals surface area contributed by atoms with Gasteiger partial charge in [0.25, 0.3) is 0 Å². The molecule has 0 amide bonds. The van der Waals surface area contributed by atoms with Crippen molar-refractivity contribution in [1.82, 2.24) is 35.7 Å². The second-order valence-electron chi connectivity index (χ2n) is 8.73. The van der Waals surface area contributed by atoms with Gasteiger partial charge in [0.1, 0.15) is 29.8 Å². The summed E-state index contributed by atoms with van der Waals surface area (Å²) in [7, 11) is 0. The Labute approximate surface area is 214 Å². The van der Waals surface area contributed by atoms with Crippen molar-refractivity contribution in [3.8, 4) is 22.9 Å². The fraction of sp³-hybridized carbons (Fsp3) is 0.143. The molecule has 184 valence electrons. The van der Waals surface area contributed by atoms with Crippen molar-refractivity contribution in [2.45, 2.75) is 20.0 Å². The number of allylic oxidation sites excluding steroid dienone is 2. The molecular formula is C28H26N8O. The third-order valence-electron chi connectivity index (χ3n) is 5.97. The van der Waals surface area contributed by atoms with Crippen LogP contribution in [0, 0.1) is 6.92 Å². The Morgan fingerprint density at radius 3 is 2.81 bits per heavy atom. The number of hydrogen-bond donors (Lipinski definition) is 3. The number of benzene rings is 1. The van der Waals surface area contributed by atoms with E-state index in [1.54, 1.807) is 12.4 Å². The number of H-pyrrole nitrogens is 1. The van der Waals surface area contributed by atoms with Gasteiger partial charge in [-0.25, -0.2) is 15.4 Å². The Kier molecular flexibility index (Phi) is 6.28. The van der Waals surface area contributed by atoms with Crippen LogP contribution in [0.2, 0.25) is 0 Å². The number of aliphatic imine (C=N–C) groups is 1. The predicted molar refractivity (Wildman–Crippen MR) is 142 cm³/mol. The number of imidazole rings is 1. The maximum atomic E-state index is 5.91. The summed E-state index contributed by atoms with van der Waals surface area (Å²) < 4.78 is 5.91. The van der Waals surface area contributed by atoms with Crippen LogP contribution in [-0.2, 0) is 13.1 Å². The molecule has 6 rings (SSSR count). The minimum atomic E-state index is 0.568. The van der Waals surface area contributed by atoms with E-state index in [1.165, 1.54) is 0 Å². The van der Waals surface area contributed by atoms with Gasteiger partial charge in [-0.3, -0.25) is 15.0 Å². The van der Waals surface area contributed by atoms with Gasteiger partial charge in [0, 0.05) is 30.2 Å². The smallest absolute Gasteiger partial charge is 0.145 e. The molecule has 2 aliphatic heterocycles. The molecule has 0 atom stereocenters. The van der Waals surface area contributed by atoms with E-state index >= 15 is 0 Å². The lowest BCUT2D eigenvalue weighted by Gasteiger charge is -2.18. The fourth-order valence-electron chi connectivity index (χ4n) is 4.25. The summed E-state index contributed by atoms with van der Waals surface area (Å²) in [6.07, 6.45) is 9.49. The second kappa shape index (κ2) is 10.2. The number of rotatable bonds is 8. The first kappa shape index (κ1) is 22.8. The lowest BCUT2D eigenvalue weighted by Crippen LogP contribution is -2.32. The molecule has 2 aliphatic rings. The molecule has 0 fully saturated rings. The van der Waals surface area contributed by atoms with Gasteiger partial charge in [-0.05, 0) is 61.0 Å². The molecule has 9 heteroatoms. The normalized spacial score (nSPS) is 14.4. The predicted octanol–water partition coefficient (Wildman–Crippen LogP) is 4.34. The van der Waals surface area contributed by atoms with Crippen molar-refractivity contribution in [3.05, 3.63) is 108 Å². The summed E-state index contributed by atoms with van der Waals surface area (Å²) >= 11 is 0. The first-order valence-electron chi connectivity index (χ1n) is 12.1. The van der Waals surface area contributed by atoms with Crippen LogP contribution in [0.1, 0.15) is 22.8 Å². The van der Waals surface area contributed by atoms with E-state index in [2.05, 4.69) is 31.8 Å². The number of aromatic amines is 1. The molecule has 5 heterocycles. The summed E-state index contributed by atoms with van der Waals surface area (Å²) in [4.78, 5) is 21.7. The number of ether oxygens (including phenoxy) is 1. The van der Waals surface area contributed by atoms with Gasteiger partial charge in [-0.1, -0.05) is 18.2 Å². The largest absolute Gasteiger partial charge is 0.456 e. The number of hydrazine groups is 1. The molecule has 0 unspecified atom stereocenters. The summed E-state index contributed by atoms with van der Waals surface area (Å²) in [6.45, 7) is 3.79. The number of nitrogens with one attached hydrogen (secondary N) is 3. The van der Waals surface area contributed by atoms with E-state index in [0.717, 1.165) is 51.3 Å². The Morgan fingerprint density at radius 2 is 1.92 bits per heavy atom. The van der Waals surface area contributed by atoms with Gasteiger partial charge in [0.2, 0.25) is 0 Å². The van der Waals surface area contributed by atoms with Crippen LogP contribution in [0.4, 0.5) is 0 Å². The molecule has 37 heavy (non-hydrogen) atoms. The monoisotopic (exact) mass is 490 g/mol. The highest BCUT2D eigenvalue weighted by molar-refractivity contribution is 6.00. The second-order valence-corrected chi connectivity index (χ2v) is 8.73. The quantitative estimate of drug-likeness (QED) is 0.338. The van der Waals surface area contributed by atoms with Crippen LogP contribution in [0.3, 0.4) is 0 Å². The van der Waals surface area contributed by atoms with E-state index in [9.17, 15) is 0 Å². The van der Waals surface area contributed by atoms with Crippen molar-refractivity contribution < 1.29 is 4.74 Å². The van der Waals surface area contributed by atoms with E-state index in [-0.39, 0.29) is 0 Å². The van der Waals surface area contributed by atoms with Crippen molar-refractivity contribution in [1.29, 1.82) is 0 Å². The van der Waals surface area contributed by atoms with Crippen LogP contribution in [-0.4, -0.2) is 37.4 Å².